The molecule has 0 saturated carbocycles. The van der Waals surface area contributed by atoms with Gasteiger partial charge in [0.2, 0.25) is 0 Å². The molecule has 0 aliphatic carbocycles. The number of aryl methyl sites for hydroxylation is 1. The van der Waals surface area contributed by atoms with E-state index in [1.54, 1.807) is 6.07 Å². The van der Waals surface area contributed by atoms with Crippen LogP contribution < -0.4 is 10.6 Å². The first-order valence-corrected chi connectivity index (χ1v) is 10.4. The van der Waals surface area contributed by atoms with Gasteiger partial charge in [-0.2, -0.15) is 0 Å². The van der Waals surface area contributed by atoms with Gasteiger partial charge in [0.05, 0.1) is 11.4 Å². The standard InChI is InChI=1S/C23H27ClFN3/c1-16(28-9-3-5-19-12-20(24)14-22(26)23(19)28)15-27-10-7-17(8-11-27)18-4-2-6-21(25)13-18/h2,4,6,12-14,17H,1,3,5,7-11,15,26H2. The van der Waals surface area contributed by atoms with Crippen LogP contribution in [-0.2, 0) is 6.42 Å². The predicted octanol–water partition coefficient (Wildman–Crippen LogP) is 5.21. The Morgan fingerprint density at radius 3 is 2.71 bits per heavy atom. The molecule has 28 heavy (non-hydrogen) atoms. The van der Waals surface area contributed by atoms with E-state index in [1.807, 2.05) is 24.3 Å². The topological polar surface area (TPSA) is 32.5 Å². The third-order valence-electron chi connectivity index (χ3n) is 5.98. The van der Waals surface area contributed by atoms with Crippen LogP contribution in [0.5, 0.6) is 0 Å². The summed E-state index contributed by atoms with van der Waals surface area (Å²) in [6.07, 6.45) is 4.17. The van der Waals surface area contributed by atoms with Gasteiger partial charge in [0.15, 0.2) is 0 Å². The Kier molecular flexibility index (Phi) is 5.61. The average molecular weight is 400 g/mol. The Labute approximate surface area is 171 Å². The van der Waals surface area contributed by atoms with E-state index in [0.29, 0.717) is 10.9 Å². The van der Waals surface area contributed by atoms with Crippen LogP contribution in [0.15, 0.2) is 48.7 Å². The number of fused-ring (bicyclic) bond motifs is 1. The van der Waals surface area contributed by atoms with Crippen molar-refractivity contribution in [2.45, 2.75) is 31.6 Å². The first kappa shape index (κ1) is 19.3. The zero-order valence-corrected chi connectivity index (χ0v) is 16.9. The van der Waals surface area contributed by atoms with Crippen LogP contribution >= 0.6 is 11.6 Å². The fourth-order valence-electron chi connectivity index (χ4n) is 4.58. The van der Waals surface area contributed by atoms with E-state index in [0.717, 1.165) is 74.5 Å². The largest absolute Gasteiger partial charge is 0.397 e. The molecule has 148 valence electrons. The quantitative estimate of drug-likeness (QED) is 0.716. The molecule has 0 atom stereocenters. The summed E-state index contributed by atoms with van der Waals surface area (Å²) in [4.78, 5) is 4.71. The molecular weight excluding hydrogens is 373 g/mol. The number of anilines is 2. The Hall–Kier alpha value is -2.04. The van der Waals surface area contributed by atoms with Crippen LogP contribution in [0.1, 0.15) is 36.3 Å². The van der Waals surface area contributed by atoms with Crippen molar-refractivity contribution in [2.75, 3.05) is 36.8 Å². The maximum Gasteiger partial charge on any atom is 0.123 e. The van der Waals surface area contributed by atoms with Crippen LogP contribution in [0.25, 0.3) is 0 Å². The fraction of sp³-hybridized carbons (Fsp3) is 0.391. The summed E-state index contributed by atoms with van der Waals surface area (Å²) in [5.74, 6) is 0.295. The van der Waals surface area contributed by atoms with Gasteiger partial charge in [-0.1, -0.05) is 30.3 Å². The van der Waals surface area contributed by atoms with Gasteiger partial charge < -0.3 is 10.6 Å². The van der Waals surface area contributed by atoms with Crippen LogP contribution in [0.4, 0.5) is 15.8 Å². The summed E-state index contributed by atoms with van der Waals surface area (Å²) in [5, 5.41) is 0.697. The fourth-order valence-corrected chi connectivity index (χ4v) is 4.83. The molecule has 5 heteroatoms. The van der Waals surface area contributed by atoms with E-state index in [4.69, 9.17) is 17.3 Å². The number of nitrogens with two attached hydrogens (primary N) is 1. The minimum absolute atomic E-state index is 0.144. The third-order valence-corrected chi connectivity index (χ3v) is 6.19. The van der Waals surface area contributed by atoms with Gasteiger partial charge in [-0.25, -0.2) is 4.39 Å². The summed E-state index contributed by atoms with van der Waals surface area (Å²) in [7, 11) is 0. The van der Waals surface area contributed by atoms with Crippen LogP contribution in [-0.4, -0.2) is 31.1 Å². The van der Waals surface area contributed by atoms with E-state index in [2.05, 4.69) is 16.4 Å². The lowest BCUT2D eigenvalue weighted by Gasteiger charge is -2.38. The SMILES string of the molecule is C=C(CN1CCC(c2cccc(F)c2)CC1)N1CCCc2cc(Cl)cc(N)c21. The summed E-state index contributed by atoms with van der Waals surface area (Å²) in [6, 6.07) is 10.9. The summed E-state index contributed by atoms with van der Waals surface area (Å²) >= 11 is 6.19. The number of nitrogen functional groups attached to an aromatic ring is 1. The number of piperidine rings is 1. The molecule has 0 radical (unpaired) electrons. The molecule has 1 fully saturated rings. The highest BCUT2D eigenvalue weighted by molar-refractivity contribution is 6.31. The molecule has 2 aliphatic rings. The zero-order chi connectivity index (χ0) is 19.7. The smallest absolute Gasteiger partial charge is 0.123 e. The molecule has 0 spiro atoms. The van der Waals surface area contributed by atoms with Gasteiger partial charge in [-0.15, -0.1) is 0 Å². The van der Waals surface area contributed by atoms with E-state index < -0.39 is 0 Å². The van der Waals surface area contributed by atoms with Crippen molar-refractivity contribution in [2.24, 2.45) is 0 Å². The molecule has 0 unspecified atom stereocenters. The summed E-state index contributed by atoms with van der Waals surface area (Å²) < 4.78 is 13.5. The van der Waals surface area contributed by atoms with E-state index in [-0.39, 0.29) is 5.82 Å². The number of likely N-dealkylation sites (tertiary alicyclic amines) is 1. The van der Waals surface area contributed by atoms with Gasteiger partial charge in [-0.05, 0) is 80.1 Å². The molecule has 4 rings (SSSR count). The Balaban J connectivity index is 1.40. The molecular formula is C23H27ClFN3. The van der Waals surface area contributed by atoms with Crippen molar-refractivity contribution < 1.29 is 4.39 Å². The Morgan fingerprint density at radius 2 is 1.96 bits per heavy atom. The van der Waals surface area contributed by atoms with Gasteiger partial charge in [-0.3, -0.25) is 4.90 Å². The van der Waals surface area contributed by atoms with Crippen LogP contribution in [0.3, 0.4) is 0 Å². The molecule has 1 saturated heterocycles. The first-order valence-electron chi connectivity index (χ1n) is 10.0. The molecule has 2 heterocycles. The monoisotopic (exact) mass is 399 g/mol. The first-order chi connectivity index (χ1) is 13.5. The van der Waals surface area contributed by atoms with E-state index in [1.165, 1.54) is 11.6 Å². The second-order valence-electron chi connectivity index (χ2n) is 7.93. The van der Waals surface area contributed by atoms with Gasteiger partial charge >= 0.3 is 0 Å². The number of benzene rings is 2. The minimum atomic E-state index is -0.144. The molecule has 0 bridgehead atoms. The second kappa shape index (κ2) is 8.14. The second-order valence-corrected chi connectivity index (χ2v) is 8.37. The molecule has 3 nitrogen and oxygen atoms in total. The zero-order valence-electron chi connectivity index (χ0n) is 16.1. The lowest BCUT2D eigenvalue weighted by molar-refractivity contribution is 0.226. The number of rotatable bonds is 4. The summed E-state index contributed by atoms with van der Waals surface area (Å²) in [5.41, 5.74) is 11.5. The highest BCUT2D eigenvalue weighted by Crippen LogP contribution is 2.37. The molecule has 0 amide bonds. The van der Waals surface area contributed by atoms with Crippen molar-refractivity contribution >= 4 is 23.0 Å². The van der Waals surface area contributed by atoms with E-state index >= 15 is 0 Å². The van der Waals surface area contributed by atoms with Gasteiger partial charge in [0.1, 0.15) is 5.82 Å². The van der Waals surface area contributed by atoms with Crippen molar-refractivity contribution in [1.82, 2.24) is 4.90 Å². The summed E-state index contributed by atoms with van der Waals surface area (Å²) in [6.45, 7) is 8.14. The van der Waals surface area contributed by atoms with E-state index in [9.17, 15) is 4.39 Å². The van der Waals surface area contributed by atoms with Crippen molar-refractivity contribution in [3.63, 3.8) is 0 Å². The van der Waals surface area contributed by atoms with Crippen LogP contribution in [0.2, 0.25) is 5.02 Å². The maximum absolute atomic E-state index is 13.5. The molecule has 2 aromatic rings. The van der Waals surface area contributed by atoms with Crippen LogP contribution in [0, 0.1) is 5.82 Å². The molecule has 2 N–H and O–H groups in total. The van der Waals surface area contributed by atoms with Gasteiger partial charge in [0, 0.05) is 23.8 Å². The highest BCUT2D eigenvalue weighted by Gasteiger charge is 2.25. The minimum Gasteiger partial charge on any atom is -0.397 e. The Bertz CT molecular complexity index is 874. The highest BCUT2D eigenvalue weighted by atomic mass is 35.5. The Morgan fingerprint density at radius 1 is 1.18 bits per heavy atom. The number of nitrogens with zero attached hydrogens (tertiary/aromatic N) is 2. The van der Waals surface area contributed by atoms with Crippen molar-refractivity contribution in [3.8, 4) is 0 Å². The molecule has 0 aromatic heterocycles. The normalized spacial score (nSPS) is 18.1. The number of halogens is 2. The van der Waals surface area contributed by atoms with Crippen molar-refractivity contribution in [1.29, 1.82) is 0 Å². The van der Waals surface area contributed by atoms with Gasteiger partial charge in [0.25, 0.3) is 0 Å². The molecule has 2 aromatic carbocycles. The maximum atomic E-state index is 13.5. The molecule has 2 aliphatic heterocycles. The average Bonchev–Trinajstić information content (AvgIpc) is 2.68. The number of hydrogen-bond acceptors (Lipinski definition) is 3. The third kappa shape index (κ3) is 4.03. The lowest BCUT2D eigenvalue weighted by Crippen LogP contribution is -2.39. The predicted molar refractivity (Wildman–Crippen MR) is 115 cm³/mol. The lowest BCUT2D eigenvalue weighted by atomic mass is 9.89. The number of hydrogen-bond donors (Lipinski definition) is 1. The van der Waals surface area contributed by atoms with Crippen molar-refractivity contribution in [3.05, 3.63) is 70.6 Å².